The van der Waals surface area contributed by atoms with Crippen LogP contribution >= 0.6 is 0 Å². The maximum absolute atomic E-state index is 10.5. The van der Waals surface area contributed by atoms with E-state index in [4.69, 9.17) is 10.8 Å². The third-order valence-corrected chi connectivity index (χ3v) is 2.67. The number of carboxylic acids is 1. The summed E-state index contributed by atoms with van der Waals surface area (Å²) in [5.74, 6) is -0.829. The summed E-state index contributed by atoms with van der Waals surface area (Å²) >= 11 is 0. The number of nitrogens with zero attached hydrogens (tertiary/aromatic N) is 3. The Balaban J connectivity index is 2.05. The summed E-state index contributed by atoms with van der Waals surface area (Å²) in [7, 11) is 0. The molecule has 0 amide bonds. The molecule has 0 saturated carbocycles. The van der Waals surface area contributed by atoms with Crippen LogP contribution in [-0.2, 0) is 4.79 Å². The lowest BCUT2D eigenvalue weighted by Gasteiger charge is -2.11. The molecule has 0 saturated heterocycles. The van der Waals surface area contributed by atoms with Crippen molar-refractivity contribution in [3.63, 3.8) is 0 Å². The highest BCUT2D eigenvalue weighted by atomic mass is 16.4. The molecule has 2 aromatic rings. The van der Waals surface area contributed by atoms with Gasteiger partial charge in [-0.2, -0.15) is 5.10 Å². The smallest absolute Gasteiger partial charge is 0.303 e. The largest absolute Gasteiger partial charge is 0.481 e. The molecule has 6 nitrogen and oxygen atoms in total. The molecule has 18 heavy (non-hydrogen) atoms. The normalized spacial score (nSPS) is 12.3. The third kappa shape index (κ3) is 2.92. The molecule has 6 heteroatoms. The van der Waals surface area contributed by atoms with Gasteiger partial charge in [0.15, 0.2) is 0 Å². The molecule has 1 heterocycles. The van der Waals surface area contributed by atoms with Crippen molar-refractivity contribution in [1.29, 1.82) is 0 Å². The van der Waals surface area contributed by atoms with Crippen LogP contribution in [0, 0.1) is 0 Å². The van der Waals surface area contributed by atoms with Gasteiger partial charge in [0.25, 0.3) is 0 Å². The molecule has 0 radical (unpaired) electrons. The van der Waals surface area contributed by atoms with Crippen LogP contribution < -0.4 is 5.73 Å². The van der Waals surface area contributed by atoms with Gasteiger partial charge in [0.1, 0.15) is 12.7 Å². The molecular weight excluding hydrogens is 232 g/mol. The Kier molecular flexibility index (Phi) is 3.69. The SMILES string of the molecule is NC(CCC(=O)O)c1ccc(-n2cncn2)cc1. The highest BCUT2D eigenvalue weighted by Crippen LogP contribution is 2.17. The number of aliphatic carboxylic acids is 1. The van der Waals surface area contributed by atoms with E-state index in [0.717, 1.165) is 11.3 Å². The number of carboxylic acid groups (broad SMARTS) is 1. The topological polar surface area (TPSA) is 94.0 Å². The molecule has 1 unspecified atom stereocenters. The molecule has 2 rings (SSSR count). The van der Waals surface area contributed by atoms with Gasteiger partial charge in [-0.3, -0.25) is 4.79 Å². The standard InChI is InChI=1S/C12H14N4O2/c13-11(5-6-12(17)18)9-1-3-10(4-2-9)16-8-14-7-15-16/h1-4,7-8,11H,5-6,13H2,(H,17,18). The van der Waals surface area contributed by atoms with Gasteiger partial charge in [0.2, 0.25) is 0 Å². The molecule has 0 spiro atoms. The highest BCUT2D eigenvalue weighted by Gasteiger charge is 2.08. The Labute approximate surface area is 104 Å². The molecule has 0 aliphatic heterocycles. The van der Waals surface area contributed by atoms with E-state index >= 15 is 0 Å². The summed E-state index contributed by atoms with van der Waals surface area (Å²) < 4.78 is 1.65. The monoisotopic (exact) mass is 246 g/mol. The predicted molar refractivity (Wildman–Crippen MR) is 65.2 cm³/mol. The van der Waals surface area contributed by atoms with Crippen molar-refractivity contribution in [3.8, 4) is 5.69 Å². The fraction of sp³-hybridized carbons (Fsp3) is 0.250. The van der Waals surface area contributed by atoms with Crippen LogP contribution in [0.15, 0.2) is 36.9 Å². The first-order chi connectivity index (χ1) is 8.66. The van der Waals surface area contributed by atoms with Crippen LogP contribution in [0.25, 0.3) is 5.69 Å². The average molecular weight is 246 g/mol. The summed E-state index contributed by atoms with van der Waals surface area (Å²) in [6, 6.07) is 7.26. The van der Waals surface area contributed by atoms with Gasteiger partial charge in [0.05, 0.1) is 5.69 Å². The second-order valence-corrected chi connectivity index (χ2v) is 3.97. The van der Waals surface area contributed by atoms with Gasteiger partial charge < -0.3 is 10.8 Å². The molecule has 0 fully saturated rings. The van der Waals surface area contributed by atoms with E-state index in [2.05, 4.69) is 10.1 Å². The van der Waals surface area contributed by atoms with Crippen LogP contribution in [0.2, 0.25) is 0 Å². The van der Waals surface area contributed by atoms with Gasteiger partial charge in [0, 0.05) is 12.5 Å². The summed E-state index contributed by atoms with van der Waals surface area (Å²) in [5.41, 5.74) is 7.72. The summed E-state index contributed by atoms with van der Waals surface area (Å²) in [4.78, 5) is 14.3. The summed E-state index contributed by atoms with van der Waals surface area (Å²) in [6.07, 6.45) is 3.58. The number of aromatic nitrogens is 3. The molecule has 94 valence electrons. The number of hydrogen-bond acceptors (Lipinski definition) is 4. The van der Waals surface area contributed by atoms with E-state index in [1.165, 1.54) is 6.33 Å². The molecule has 1 aromatic heterocycles. The minimum absolute atomic E-state index is 0.0754. The zero-order valence-corrected chi connectivity index (χ0v) is 9.73. The van der Waals surface area contributed by atoms with Gasteiger partial charge in [-0.15, -0.1) is 0 Å². The Morgan fingerprint density at radius 2 is 2.11 bits per heavy atom. The zero-order valence-electron chi connectivity index (χ0n) is 9.73. The molecule has 0 aliphatic carbocycles. The maximum atomic E-state index is 10.5. The van der Waals surface area contributed by atoms with Crippen molar-refractivity contribution in [2.24, 2.45) is 5.73 Å². The van der Waals surface area contributed by atoms with Gasteiger partial charge >= 0.3 is 5.97 Å². The van der Waals surface area contributed by atoms with E-state index in [0.29, 0.717) is 6.42 Å². The van der Waals surface area contributed by atoms with Gasteiger partial charge in [-0.25, -0.2) is 9.67 Å². The zero-order chi connectivity index (χ0) is 13.0. The first-order valence-electron chi connectivity index (χ1n) is 5.59. The van der Waals surface area contributed by atoms with Crippen molar-refractivity contribution < 1.29 is 9.90 Å². The van der Waals surface area contributed by atoms with E-state index in [1.807, 2.05) is 24.3 Å². The van der Waals surface area contributed by atoms with Crippen LogP contribution in [0.4, 0.5) is 0 Å². The lowest BCUT2D eigenvalue weighted by Crippen LogP contribution is -2.12. The van der Waals surface area contributed by atoms with Crippen molar-refractivity contribution in [2.45, 2.75) is 18.9 Å². The Bertz CT molecular complexity index is 507. The van der Waals surface area contributed by atoms with Crippen LogP contribution in [-0.4, -0.2) is 25.8 Å². The quantitative estimate of drug-likeness (QED) is 0.824. The summed E-state index contributed by atoms with van der Waals surface area (Å²) in [6.45, 7) is 0. The molecule has 0 aliphatic rings. The lowest BCUT2D eigenvalue weighted by atomic mass is 10.0. The predicted octanol–water partition coefficient (Wildman–Crippen LogP) is 1.13. The minimum Gasteiger partial charge on any atom is -0.481 e. The first kappa shape index (κ1) is 12.3. The third-order valence-electron chi connectivity index (χ3n) is 2.67. The number of hydrogen-bond donors (Lipinski definition) is 2. The second-order valence-electron chi connectivity index (χ2n) is 3.97. The van der Waals surface area contributed by atoms with Gasteiger partial charge in [-0.05, 0) is 24.1 Å². The van der Waals surface area contributed by atoms with E-state index in [9.17, 15) is 4.79 Å². The molecule has 0 bridgehead atoms. The van der Waals surface area contributed by atoms with E-state index in [1.54, 1.807) is 11.0 Å². The molecule has 1 aromatic carbocycles. The number of carbonyl (C=O) groups is 1. The Morgan fingerprint density at radius 3 is 2.67 bits per heavy atom. The van der Waals surface area contributed by atoms with Crippen molar-refractivity contribution >= 4 is 5.97 Å². The van der Waals surface area contributed by atoms with Crippen LogP contribution in [0.1, 0.15) is 24.4 Å². The van der Waals surface area contributed by atoms with E-state index in [-0.39, 0.29) is 12.5 Å². The van der Waals surface area contributed by atoms with Crippen LogP contribution in [0.5, 0.6) is 0 Å². The van der Waals surface area contributed by atoms with Crippen molar-refractivity contribution in [1.82, 2.24) is 14.8 Å². The second kappa shape index (κ2) is 5.42. The first-order valence-corrected chi connectivity index (χ1v) is 5.59. The molecule has 1 atom stereocenters. The fourth-order valence-electron chi connectivity index (χ4n) is 1.66. The molecule has 3 N–H and O–H groups in total. The minimum atomic E-state index is -0.829. The number of benzene rings is 1. The van der Waals surface area contributed by atoms with Gasteiger partial charge in [-0.1, -0.05) is 12.1 Å². The van der Waals surface area contributed by atoms with Crippen molar-refractivity contribution in [2.75, 3.05) is 0 Å². The number of rotatable bonds is 5. The summed E-state index contributed by atoms with van der Waals surface area (Å²) in [5, 5.41) is 12.6. The van der Waals surface area contributed by atoms with Crippen LogP contribution in [0.3, 0.4) is 0 Å². The Morgan fingerprint density at radius 1 is 1.39 bits per heavy atom. The number of nitrogens with two attached hydrogens (primary N) is 1. The molecular formula is C12H14N4O2. The Hall–Kier alpha value is -2.21. The average Bonchev–Trinajstić information content (AvgIpc) is 2.90. The fourth-order valence-corrected chi connectivity index (χ4v) is 1.66. The highest BCUT2D eigenvalue weighted by molar-refractivity contribution is 5.66. The lowest BCUT2D eigenvalue weighted by molar-refractivity contribution is -0.137. The maximum Gasteiger partial charge on any atom is 0.303 e. The van der Waals surface area contributed by atoms with E-state index < -0.39 is 5.97 Å². The van der Waals surface area contributed by atoms with Crippen molar-refractivity contribution in [3.05, 3.63) is 42.5 Å².